The third-order valence-corrected chi connectivity index (χ3v) is 6.96. The topological polar surface area (TPSA) is 165 Å². The van der Waals surface area contributed by atoms with Gasteiger partial charge in [-0.2, -0.15) is 0 Å². The number of aliphatic hydroxyl groups is 1. The van der Waals surface area contributed by atoms with Crippen LogP contribution in [0.3, 0.4) is 0 Å². The minimum atomic E-state index is -3.63. The zero-order chi connectivity index (χ0) is 30.3. The summed E-state index contributed by atoms with van der Waals surface area (Å²) in [6, 6.07) is 5.75. The van der Waals surface area contributed by atoms with E-state index in [1.54, 1.807) is 38.1 Å². The zero-order valence-electron chi connectivity index (χ0n) is 23.7. The lowest BCUT2D eigenvalue weighted by Gasteiger charge is -2.39. The number of hydrogen-bond acceptors (Lipinski definition) is 9. The Hall–Kier alpha value is -2.97. The summed E-state index contributed by atoms with van der Waals surface area (Å²) >= 11 is 0. The van der Waals surface area contributed by atoms with E-state index in [4.69, 9.17) is 20.3 Å². The standard InChI is InChI=1S/C25H32FN3O6S.C2H7NO/c1-15(2)22-20(12-11-18-13-19(14-21(30)31)35-25(3,4)34-18)23(16-7-9-17(26)10-8-16)28-24(27-22)29(5)36(6,32)33;3-1-2-4/h7-12,15,18-19H,13-14H2,1-6H3,(H,30,31);4H,1-3H2/b12-11+;/t18-,19-;/m1./s1. The molecular formula is C27H39FN4O7S. The maximum atomic E-state index is 13.7. The minimum absolute atomic E-state index is 0.00245. The van der Waals surface area contributed by atoms with E-state index in [9.17, 15) is 22.7 Å². The number of halogens is 1. The fraction of sp³-hybridized carbons (Fsp3) is 0.519. The molecule has 40 heavy (non-hydrogen) atoms. The maximum absolute atomic E-state index is 13.7. The maximum Gasteiger partial charge on any atom is 0.305 e. The van der Waals surface area contributed by atoms with Gasteiger partial charge in [0.25, 0.3) is 0 Å². The van der Waals surface area contributed by atoms with E-state index in [0.29, 0.717) is 35.5 Å². The molecule has 222 valence electrons. The molecule has 0 amide bonds. The largest absolute Gasteiger partial charge is 0.481 e. The van der Waals surface area contributed by atoms with E-state index in [1.165, 1.54) is 19.2 Å². The highest BCUT2D eigenvalue weighted by Crippen LogP contribution is 2.33. The van der Waals surface area contributed by atoms with Crippen molar-refractivity contribution in [3.8, 4) is 11.3 Å². The van der Waals surface area contributed by atoms with Gasteiger partial charge in [0.1, 0.15) is 5.82 Å². The average molecular weight is 583 g/mol. The van der Waals surface area contributed by atoms with Crippen LogP contribution in [0.5, 0.6) is 0 Å². The van der Waals surface area contributed by atoms with Gasteiger partial charge in [-0.25, -0.2) is 27.1 Å². The average Bonchev–Trinajstić information content (AvgIpc) is 2.85. The summed E-state index contributed by atoms with van der Waals surface area (Å²) in [6.07, 6.45) is 3.88. The van der Waals surface area contributed by atoms with Crippen molar-refractivity contribution in [3.63, 3.8) is 0 Å². The molecule has 1 aromatic carbocycles. The molecule has 0 bridgehead atoms. The second-order valence-electron chi connectivity index (χ2n) is 10.1. The van der Waals surface area contributed by atoms with Crippen LogP contribution < -0.4 is 10.0 Å². The first kappa shape index (κ1) is 33.2. The highest BCUT2D eigenvalue weighted by atomic mass is 32.2. The lowest BCUT2D eigenvalue weighted by molar-refractivity contribution is -0.290. The predicted octanol–water partition coefficient (Wildman–Crippen LogP) is 3.14. The molecule has 0 spiro atoms. The molecule has 0 saturated carbocycles. The van der Waals surface area contributed by atoms with Crippen molar-refractivity contribution in [3.05, 3.63) is 47.4 Å². The number of nitrogens with zero attached hydrogens (tertiary/aromatic N) is 3. The Balaban J connectivity index is 0.00000131. The highest BCUT2D eigenvalue weighted by molar-refractivity contribution is 7.92. The normalized spacial score (nSPS) is 18.9. The Morgan fingerprint density at radius 1 is 1.25 bits per heavy atom. The summed E-state index contributed by atoms with van der Waals surface area (Å²) in [4.78, 5) is 20.3. The SMILES string of the molecule is CC(C)c1nc(N(C)S(C)(=O)=O)nc(-c2ccc(F)cc2)c1/C=C/[C@@H]1C[C@H](CC(=O)O)OC(C)(C)O1.NCCO. The van der Waals surface area contributed by atoms with Crippen LogP contribution in [0.4, 0.5) is 10.3 Å². The number of aliphatic hydroxyl groups excluding tert-OH is 1. The van der Waals surface area contributed by atoms with Gasteiger partial charge in [0.2, 0.25) is 16.0 Å². The summed E-state index contributed by atoms with van der Waals surface area (Å²) in [5.41, 5.74) is 7.02. The molecule has 2 aromatic rings. The Bertz CT molecular complexity index is 1280. The monoisotopic (exact) mass is 582 g/mol. The molecule has 3 rings (SSSR count). The molecule has 11 nitrogen and oxygen atoms in total. The molecule has 1 aliphatic rings. The summed E-state index contributed by atoms with van der Waals surface area (Å²) in [5.74, 6) is -2.45. The molecule has 2 heterocycles. The fourth-order valence-electron chi connectivity index (χ4n) is 3.99. The number of aliphatic carboxylic acids is 1. The Labute approximate surface area is 234 Å². The summed E-state index contributed by atoms with van der Waals surface area (Å²) in [5, 5.41) is 17.0. The third kappa shape index (κ3) is 9.59. The first-order valence-corrected chi connectivity index (χ1v) is 14.6. The van der Waals surface area contributed by atoms with Gasteiger partial charge >= 0.3 is 5.97 Å². The van der Waals surface area contributed by atoms with Gasteiger partial charge in [-0.15, -0.1) is 0 Å². The van der Waals surface area contributed by atoms with Crippen molar-refractivity contribution in [1.29, 1.82) is 0 Å². The van der Waals surface area contributed by atoms with Gasteiger partial charge in [-0.05, 0) is 44.0 Å². The molecule has 4 N–H and O–H groups in total. The van der Waals surface area contributed by atoms with Gasteiger partial charge in [0.15, 0.2) is 5.79 Å². The number of benzene rings is 1. The van der Waals surface area contributed by atoms with Crippen LogP contribution in [0.1, 0.15) is 57.7 Å². The number of nitrogens with two attached hydrogens (primary N) is 1. The molecule has 13 heteroatoms. The minimum Gasteiger partial charge on any atom is -0.481 e. The predicted molar refractivity (Wildman–Crippen MR) is 151 cm³/mol. The van der Waals surface area contributed by atoms with Gasteiger partial charge < -0.3 is 25.4 Å². The smallest absolute Gasteiger partial charge is 0.305 e. The van der Waals surface area contributed by atoms with Crippen molar-refractivity contribution in [1.82, 2.24) is 9.97 Å². The van der Waals surface area contributed by atoms with Crippen LogP contribution in [0.25, 0.3) is 17.3 Å². The molecule has 0 unspecified atom stereocenters. The number of carboxylic acids is 1. The van der Waals surface area contributed by atoms with Crippen molar-refractivity contribution < 1.29 is 37.3 Å². The van der Waals surface area contributed by atoms with Crippen molar-refractivity contribution >= 4 is 28.0 Å². The molecule has 0 radical (unpaired) electrons. The van der Waals surface area contributed by atoms with E-state index >= 15 is 0 Å². The Morgan fingerprint density at radius 3 is 2.35 bits per heavy atom. The highest BCUT2D eigenvalue weighted by Gasteiger charge is 2.35. The Morgan fingerprint density at radius 2 is 1.85 bits per heavy atom. The van der Waals surface area contributed by atoms with E-state index in [2.05, 4.69) is 9.97 Å². The molecule has 0 aliphatic carbocycles. The third-order valence-electron chi connectivity index (χ3n) is 5.80. The van der Waals surface area contributed by atoms with Crippen molar-refractivity contribution in [2.24, 2.45) is 5.73 Å². The first-order chi connectivity index (χ1) is 18.6. The van der Waals surface area contributed by atoms with Gasteiger partial charge in [-0.1, -0.05) is 26.0 Å². The molecule has 2 atom stereocenters. The molecule has 1 saturated heterocycles. The van der Waals surface area contributed by atoms with E-state index < -0.39 is 39.8 Å². The molecule has 1 aliphatic heterocycles. The van der Waals surface area contributed by atoms with E-state index in [1.807, 2.05) is 13.8 Å². The van der Waals surface area contributed by atoms with Crippen LogP contribution in [0.15, 0.2) is 30.3 Å². The van der Waals surface area contributed by atoms with Gasteiger partial charge in [0, 0.05) is 31.1 Å². The van der Waals surface area contributed by atoms with E-state index in [0.717, 1.165) is 10.6 Å². The van der Waals surface area contributed by atoms with Gasteiger partial charge in [0.05, 0.1) is 42.9 Å². The van der Waals surface area contributed by atoms with Crippen LogP contribution in [-0.2, 0) is 24.3 Å². The number of anilines is 1. The fourth-order valence-corrected chi connectivity index (χ4v) is 4.36. The number of carbonyl (C=O) groups is 1. The van der Waals surface area contributed by atoms with Crippen molar-refractivity contribution in [2.75, 3.05) is 30.8 Å². The molecular weight excluding hydrogens is 543 g/mol. The number of carboxylic acid groups (broad SMARTS) is 1. The van der Waals surface area contributed by atoms with Crippen LogP contribution in [0.2, 0.25) is 0 Å². The second-order valence-corrected chi connectivity index (χ2v) is 12.1. The quantitative estimate of drug-likeness (QED) is 0.400. The summed E-state index contributed by atoms with van der Waals surface area (Å²) < 4.78 is 50.8. The molecule has 1 fully saturated rings. The lowest BCUT2D eigenvalue weighted by atomic mass is 9.97. The first-order valence-electron chi connectivity index (χ1n) is 12.8. The number of sulfonamides is 1. The van der Waals surface area contributed by atoms with Gasteiger partial charge in [-0.3, -0.25) is 4.79 Å². The molecule has 1 aromatic heterocycles. The van der Waals surface area contributed by atoms with Crippen LogP contribution in [-0.4, -0.2) is 79.0 Å². The lowest BCUT2D eigenvalue weighted by Crippen LogP contribution is -2.44. The summed E-state index contributed by atoms with van der Waals surface area (Å²) in [7, 11) is -2.25. The number of aromatic nitrogens is 2. The number of ether oxygens (including phenoxy) is 2. The second kappa shape index (κ2) is 14.1. The van der Waals surface area contributed by atoms with Crippen molar-refractivity contribution in [2.45, 2.75) is 64.4 Å². The zero-order valence-corrected chi connectivity index (χ0v) is 24.5. The van der Waals surface area contributed by atoms with E-state index in [-0.39, 0.29) is 24.9 Å². The van der Waals surface area contributed by atoms with Crippen LogP contribution >= 0.6 is 0 Å². The number of hydrogen-bond donors (Lipinski definition) is 3. The number of rotatable bonds is 9. The Kier molecular flexibility index (Phi) is 11.7. The summed E-state index contributed by atoms with van der Waals surface area (Å²) in [6.45, 7) is 7.78. The van der Waals surface area contributed by atoms with Crippen LogP contribution in [0, 0.1) is 5.82 Å².